The molecular weight excluding hydrogens is 440 g/mol. The summed E-state index contributed by atoms with van der Waals surface area (Å²) in [5, 5.41) is 10.2. The smallest absolute Gasteiger partial charge is 0.163 e. The average molecular weight is 499 g/mol. The first-order valence-electron chi connectivity index (χ1n) is 14.6. The minimum Gasteiger partial charge on any atom is -0.393 e. The molecule has 0 aromatic heterocycles. The lowest BCUT2D eigenvalue weighted by Crippen LogP contribution is -2.45. The molecule has 1 N–H and O–H groups in total. The normalized spacial score (nSPS) is 21.6. The molecule has 35 heavy (non-hydrogen) atoms. The lowest BCUT2D eigenvalue weighted by molar-refractivity contribution is -0.304. The van der Waals surface area contributed by atoms with Gasteiger partial charge in [-0.25, -0.2) is 0 Å². The van der Waals surface area contributed by atoms with E-state index >= 15 is 0 Å². The van der Waals surface area contributed by atoms with Crippen LogP contribution in [0.2, 0.25) is 0 Å². The van der Waals surface area contributed by atoms with Crippen LogP contribution in [-0.4, -0.2) is 49.2 Å². The minimum atomic E-state index is -0.625. The SMILES string of the molecule is C=CC[C@@H](O)C[C@@H]1C[C@H](CC[C@H](CCCCCCCCCCCCCC)OCOC)OC(C)(C)O1. The van der Waals surface area contributed by atoms with E-state index < -0.39 is 11.9 Å². The Labute approximate surface area is 217 Å². The Kier molecular flexibility index (Phi) is 19.2. The Hall–Kier alpha value is -0.460. The van der Waals surface area contributed by atoms with Crippen molar-refractivity contribution in [2.45, 2.75) is 167 Å². The fourth-order valence-electron chi connectivity index (χ4n) is 5.19. The van der Waals surface area contributed by atoms with Gasteiger partial charge in [0.1, 0.15) is 6.79 Å². The number of hydrogen-bond acceptors (Lipinski definition) is 5. The van der Waals surface area contributed by atoms with E-state index in [1.54, 1.807) is 13.2 Å². The van der Waals surface area contributed by atoms with Crippen molar-refractivity contribution in [1.82, 2.24) is 0 Å². The van der Waals surface area contributed by atoms with Gasteiger partial charge in [-0.05, 0) is 39.5 Å². The third-order valence-electron chi connectivity index (χ3n) is 7.01. The summed E-state index contributed by atoms with van der Waals surface area (Å²) in [7, 11) is 1.68. The molecule has 1 saturated heterocycles. The van der Waals surface area contributed by atoms with Crippen molar-refractivity contribution < 1.29 is 24.1 Å². The highest BCUT2D eigenvalue weighted by atomic mass is 16.7. The molecule has 208 valence electrons. The molecule has 5 nitrogen and oxygen atoms in total. The maximum Gasteiger partial charge on any atom is 0.163 e. The maximum absolute atomic E-state index is 10.2. The summed E-state index contributed by atoms with van der Waals surface area (Å²) in [6.07, 6.45) is 23.1. The number of aliphatic hydroxyl groups is 1. The van der Waals surface area contributed by atoms with Gasteiger partial charge >= 0.3 is 0 Å². The number of aliphatic hydroxyl groups excluding tert-OH is 1. The molecule has 1 aliphatic heterocycles. The second-order valence-electron chi connectivity index (χ2n) is 11.0. The second-order valence-corrected chi connectivity index (χ2v) is 11.0. The zero-order valence-electron chi connectivity index (χ0n) is 23.6. The van der Waals surface area contributed by atoms with E-state index in [0.717, 1.165) is 25.7 Å². The van der Waals surface area contributed by atoms with Crippen LogP contribution >= 0.6 is 0 Å². The largest absolute Gasteiger partial charge is 0.393 e. The molecule has 0 bridgehead atoms. The number of ether oxygens (including phenoxy) is 4. The van der Waals surface area contributed by atoms with Crippen LogP contribution in [0.25, 0.3) is 0 Å². The molecule has 0 aliphatic carbocycles. The third kappa shape index (κ3) is 17.6. The highest BCUT2D eigenvalue weighted by Crippen LogP contribution is 2.32. The van der Waals surface area contributed by atoms with Crippen molar-refractivity contribution in [2.75, 3.05) is 13.9 Å². The molecule has 1 rings (SSSR count). The summed E-state index contributed by atoms with van der Waals surface area (Å²) in [6.45, 7) is 10.3. The van der Waals surface area contributed by atoms with Gasteiger partial charge in [0.25, 0.3) is 0 Å². The van der Waals surface area contributed by atoms with E-state index in [2.05, 4.69) is 13.5 Å². The molecule has 0 aromatic rings. The van der Waals surface area contributed by atoms with Crippen LogP contribution in [0.15, 0.2) is 12.7 Å². The Bertz CT molecular complexity index is 495. The number of rotatable bonds is 23. The van der Waals surface area contributed by atoms with Gasteiger partial charge in [-0.1, -0.05) is 90.0 Å². The Morgan fingerprint density at radius 1 is 0.914 bits per heavy atom. The predicted molar refractivity (Wildman–Crippen MR) is 146 cm³/mol. The van der Waals surface area contributed by atoms with E-state index in [-0.39, 0.29) is 18.3 Å². The van der Waals surface area contributed by atoms with Crippen LogP contribution in [0, 0.1) is 0 Å². The third-order valence-corrected chi connectivity index (χ3v) is 7.01. The number of hydrogen-bond donors (Lipinski definition) is 1. The number of methoxy groups -OCH3 is 1. The first-order chi connectivity index (χ1) is 16.9. The van der Waals surface area contributed by atoms with Crippen molar-refractivity contribution in [2.24, 2.45) is 0 Å². The summed E-state index contributed by atoms with van der Waals surface area (Å²) in [6, 6.07) is 0. The zero-order chi connectivity index (χ0) is 25.8. The van der Waals surface area contributed by atoms with E-state index in [1.807, 2.05) is 13.8 Å². The average Bonchev–Trinajstić information content (AvgIpc) is 2.80. The molecule has 1 aliphatic rings. The molecule has 5 heteroatoms. The van der Waals surface area contributed by atoms with Crippen LogP contribution in [0.1, 0.15) is 136 Å². The lowest BCUT2D eigenvalue weighted by Gasteiger charge is -2.41. The quantitative estimate of drug-likeness (QED) is 0.0876. The summed E-state index contributed by atoms with van der Waals surface area (Å²) < 4.78 is 23.5. The molecule has 0 radical (unpaired) electrons. The highest BCUT2D eigenvalue weighted by molar-refractivity contribution is 4.81. The van der Waals surface area contributed by atoms with E-state index in [4.69, 9.17) is 18.9 Å². The summed E-state index contributed by atoms with van der Waals surface area (Å²) >= 11 is 0. The molecule has 1 fully saturated rings. The second kappa shape index (κ2) is 20.6. The molecule has 0 amide bonds. The predicted octanol–water partition coefficient (Wildman–Crippen LogP) is 8.08. The van der Waals surface area contributed by atoms with Gasteiger partial charge in [-0.3, -0.25) is 0 Å². The minimum absolute atomic E-state index is 0.00776. The highest BCUT2D eigenvalue weighted by Gasteiger charge is 2.36. The van der Waals surface area contributed by atoms with E-state index in [1.165, 1.54) is 77.0 Å². The van der Waals surface area contributed by atoms with Crippen LogP contribution < -0.4 is 0 Å². The molecule has 0 unspecified atom stereocenters. The maximum atomic E-state index is 10.2. The van der Waals surface area contributed by atoms with Gasteiger partial charge in [-0.2, -0.15) is 0 Å². The van der Waals surface area contributed by atoms with Crippen molar-refractivity contribution >= 4 is 0 Å². The zero-order valence-corrected chi connectivity index (χ0v) is 23.6. The molecule has 1 heterocycles. The molecule has 0 saturated carbocycles. The molecule has 0 spiro atoms. The van der Waals surface area contributed by atoms with Gasteiger partial charge in [0.05, 0.1) is 24.4 Å². The van der Waals surface area contributed by atoms with Crippen molar-refractivity contribution in [1.29, 1.82) is 0 Å². The molecular formula is C30H58O5. The van der Waals surface area contributed by atoms with Crippen molar-refractivity contribution in [3.63, 3.8) is 0 Å². The standard InChI is InChI=1S/C30H58O5/c1-6-8-9-10-11-12-13-14-15-16-17-18-20-27(33-25-32-5)21-22-28-24-29(23-26(31)19-7-2)35-30(3,4)34-28/h7,26-29,31H,2,6,8-25H2,1,3-5H3/t26-,27+,28+,29-/m1/s1. The first kappa shape index (κ1) is 32.6. The summed E-state index contributed by atoms with van der Waals surface area (Å²) in [5.74, 6) is -0.625. The fourth-order valence-corrected chi connectivity index (χ4v) is 5.19. The van der Waals surface area contributed by atoms with Gasteiger partial charge in [-0.15, -0.1) is 6.58 Å². The molecule has 4 atom stereocenters. The van der Waals surface area contributed by atoms with Crippen LogP contribution in [-0.2, 0) is 18.9 Å². The van der Waals surface area contributed by atoms with Crippen LogP contribution in [0.3, 0.4) is 0 Å². The van der Waals surface area contributed by atoms with Gasteiger partial charge in [0.2, 0.25) is 0 Å². The van der Waals surface area contributed by atoms with Gasteiger partial charge < -0.3 is 24.1 Å². The monoisotopic (exact) mass is 498 g/mol. The van der Waals surface area contributed by atoms with Crippen LogP contribution in [0.5, 0.6) is 0 Å². The Balaban J connectivity index is 2.26. The van der Waals surface area contributed by atoms with Crippen molar-refractivity contribution in [3.05, 3.63) is 12.7 Å². The topological polar surface area (TPSA) is 57.2 Å². The van der Waals surface area contributed by atoms with Crippen LogP contribution in [0.4, 0.5) is 0 Å². The van der Waals surface area contributed by atoms with Gasteiger partial charge in [0, 0.05) is 20.0 Å². The Morgan fingerprint density at radius 2 is 1.49 bits per heavy atom. The van der Waals surface area contributed by atoms with E-state index in [0.29, 0.717) is 19.6 Å². The first-order valence-corrected chi connectivity index (χ1v) is 14.6. The summed E-state index contributed by atoms with van der Waals surface area (Å²) in [5.41, 5.74) is 0. The Morgan fingerprint density at radius 3 is 2.06 bits per heavy atom. The fraction of sp³-hybridized carbons (Fsp3) is 0.933. The van der Waals surface area contributed by atoms with E-state index in [9.17, 15) is 5.11 Å². The molecule has 0 aromatic carbocycles. The summed E-state index contributed by atoms with van der Waals surface area (Å²) in [4.78, 5) is 0. The van der Waals surface area contributed by atoms with Gasteiger partial charge in [0.15, 0.2) is 5.79 Å². The lowest BCUT2D eigenvalue weighted by atomic mass is 9.96. The number of unbranched alkanes of at least 4 members (excludes halogenated alkanes) is 11. The van der Waals surface area contributed by atoms with Crippen molar-refractivity contribution in [3.8, 4) is 0 Å².